The molecule has 0 aromatic carbocycles. The van der Waals surface area contributed by atoms with E-state index < -0.39 is 25.4 Å². The summed E-state index contributed by atoms with van der Waals surface area (Å²) in [6.45, 7) is -1.23. The first-order chi connectivity index (χ1) is 4.95. The van der Waals surface area contributed by atoms with E-state index in [2.05, 4.69) is 0 Å². The van der Waals surface area contributed by atoms with E-state index in [1.807, 2.05) is 0 Å². The normalized spacial score (nSPS) is 11.3. The van der Waals surface area contributed by atoms with Crippen molar-refractivity contribution in [3.05, 3.63) is 0 Å². The molecule has 1 amide bonds. The summed E-state index contributed by atoms with van der Waals surface area (Å²) in [5.41, 5.74) is 0. The highest BCUT2D eigenvalue weighted by Gasteiger charge is 2.39. The molecule has 0 saturated heterocycles. The maximum absolute atomic E-state index is 12.2. The summed E-state index contributed by atoms with van der Waals surface area (Å²) in [4.78, 5) is 9.76. The van der Waals surface area contributed by atoms with E-state index in [-0.39, 0.29) is 4.90 Å². The first kappa shape index (κ1) is 10.1. The average molecular weight is 171 g/mol. The zero-order valence-electron chi connectivity index (χ0n) is 5.85. The Morgan fingerprint density at radius 2 is 2.09 bits per heavy atom. The molecule has 0 aliphatic carbocycles. The monoisotopic (exact) mass is 171 g/mol. The number of carboxylic acid groups (broad SMARTS) is 1. The molecular weight excluding hydrogens is 163 g/mol. The number of amides is 1. The molecule has 0 aliphatic heterocycles. The van der Waals surface area contributed by atoms with Crippen LogP contribution in [-0.4, -0.2) is 35.4 Å². The minimum Gasteiger partial charge on any atom is -0.465 e. The molecule has 6 heteroatoms. The molecule has 11 heavy (non-hydrogen) atoms. The van der Waals surface area contributed by atoms with Crippen LogP contribution in [0.3, 0.4) is 0 Å². The third kappa shape index (κ3) is 2.28. The molecule has 3 nitrogen and oxygen atoms in total. The Morgan fingerprint density at radius 1 is 1.64 bits per heavy atom. The van der Waals surface area contributed by atoms with Gasteiger partial charge in [0.15, 0.2) is 6.67 Å². The van der Waals surface area contributed by atoms with Crippen molar-refractivity contribution in [3.8, 4) is 0 Å². The van der Waals surface area contributed by atoms with Crippen molar-refractivity contribution in [1.29, 1.82) is 0 Å². The SMILES string of the molecule is CCN(C(=O)O)C(F)(F)CF. The molecule has 0 atom stereocenters. The number of halogens is 3. The lowest BCUT2D eigenvalue weighted by Gasteiger charge is -2.24. The number of hydrogen-bond acceptors (Lipinski definition) is 1. The summed E-state index contributed by atoms with van der Waals surface area (Å²) in [5, 5.41) is 8.12. The summed E-state index contributed by atoms with van der Waals surface area (Å²) in [6.07, 6.45) is -1.82. The molecule has 0 saturated carbocycles. The van der Waals surface area contributed by atoms with Crippen LogP contribution in [0.4, 0.5) is 18.0 Å². The van der Waals surface area contributed by atoms with Gasteiger partial charge in [-0.1, -0.05) is 0 Å². The van der Waals surface area contributed by atoms with E-state index in [9.17, 15) is 18.0 Å². The summed E-state index contributed by atoms with van der Waals surface area (Å²) in [6, 6.07) is -3.90. The summed E-state index contributed by atoms with van der Waals surface area (Å²) < 4.78 is 36.0. The lowest BCUT2D eigenvalue weighted by Crippen LogP contribution is -2.46. The van der Waals surface area contributed by atoms with Crippen LogP contribution >= 0.6 is 0 Å². The minimum absolute atomic E-state index is 0.257. The van der Waals surface area contributed by atoms with Crippen molar-refractivity contribution in [2.75, 3.05) is 13.2 Å². The molecule has 0 rings (SSSR count). The molecular formula is C5H8F3NO2. The molecule has 0 radical (unpaired) electrons. The van der Waals surface area contributed by atoms with Gasteiger partial charge in [0.1, 0.15) is 0 Å². The zero-order valence-corrected chi connectivity index (χ0v) is 5.85. The lowest BCUT2D eigenvalue weighted by molar-refractivity contribution is -0.138. The second-order valence-corrected chi connectivity index (χ2v) is 1.83. The van der Waals surface area contributed by atoms with Crippen molar-refractivity contribution in [2.45, 2.75) is 13.0 Å². The Labute approximate surface area is 61.4 Å². The number of rotatable bonds is 3. The van der Waals surface area contributed by atoms with Gasteiger partial charge in [-0.25, -0.2) is 14.1 Å². The maximum Gasteiger partial charge on any atom is 0.411 e. The zero-order chi connectivity index (χ0) is 9.07. The van der Waals surface area contributed by atoms with Gasteiger partial charge in [0.05, 0.1) is 0 Å². The number of carbonyl (C=O) groups is 1. The summed E-state index contributed by atoms with van der Waals surface area (Å²) in [5.74, 6) is 0. The molecule has 1 N–H and O–H groups in total. The Hall–Kier alpha value is -0.940. The van der Waals surface area contributed by atoms with E-state index in [4.69, 9.17) is 5.11 Å². The van der Waals surface area contributed by atoms with Gasteiger partial charge in [-0.3, -0.25) is 0 Å². The second-order valence-electron chi connectivity index (χ2n) is 1.83. The van der Waals surface area contributed by atoms with E-state index in [0.29, 0.717) is 0 Å². The number of nitrogens with zero attached hydrogens (tertiary/aromatic N) is 1. The Kier molecular flexibility index (Phi) is 3.16. The number of alkyl halides is 3. The van der Waals surface area contributed by atoms with E-state index in [1.54, 1.807) is 0 Å². The van der Waals surface area contributed by atoms with E-state index in [0.717, 1.165) is 0 Å². The highest BCUT2D eigenvalue weighted by molar-refractivity contribution is 5.65. The predicted molar refractivity (Wildman–Crippen MR) is 31.3 cm³/mol. The molecule has 0 bridgehead atoms. The smallest absolute Gasteiger partial charge is 0.411 e. The quantitative estimate of drug-likeness (QED) is 0.654. The van der Waals surface area contributed by atoms with E-state index in [1.165, 1.54) is 6.92 Å². The maximum atomic E-state index is 12.2. The van der Waals surface area contributed by atoms with Crippen LogP contribution in [0, 0.1) is 0 Å². The van der Waals surface area contributed by atoms with Gasteiger partial charge in [0.25, 0.3) is 0 Å². The van der Waals surface area contributed by atoms with Gasteiger partial charge in [0, 0.05) is 6.54 Å². The van der Waals surface area contributed by atoms with Crippen LogP contribution in [0.15, 0.2) is 0 Å². The van der Waals surface area contributed by atoms with Crippen LogP contribution in [0.2, 0.25) is 0 Å². The third-order valence-corrected chi connectivity index (χ3v) is 1.10. The van der Waals surface area contributed by atoms with Crippen molar-refractivity contribution >= 4 is 6.09 Å². The molecule has 0 spiro atoms. The fraction of sp³-hybridized carbons (Fsp3) is 0.800. The van der Waals surface area contributed by atoms with Gasteiger partial charge >= 0.3 is 12.1 Å². The average Bonchev–Trinajstić information content (AvgIpc) is 1.88. The van der Waals surface area contributed by atoms with Crippen molar-refractivity contribution < 1.29 is 23.1 Å². The van der Waals surface area contributed by atoms with Gasteiger partial charge in [-0.15, -0.1) is 0 Å². The molecule has 0 aliphatic rings. The molecule has 66 valence electrons. The topological polar surface area (TPSA) is 40.5 Å². The fourth-order valence-corrected chi connectivity index (χ4v) is 0.579. The van der Waals surface area contributed by atoms with Crippen LogP contribution in [-0.2, 0) is 0 Å². The minimum atomic E-state index is -3.90. The summed E-state index contributed by atoms with van der Waals surface area (Å²) >= 11 is 0. The van der Waals surface area contributed by atoms with Crippen molar-refractivity contribution in [1.82, 2.24) is 4.90 Å². The Morgan fingerprint density at radius 3 is 2.18 bits per heavy atom. The number of hydrogen-bond donors (Lipinski definition) is 1. The standard InChI is InChI=1S/C5H8F3NO2/c1-2-9(4(10)11)5(7,8)3-6/h2-3H2,1H3,(H,10,11). The highest BCUT2D eigenvalue weighted by atomic mass is 19.3. The molecule has 0 aromatic heterocycles. The Balaban J connectivity index is 4.36. The first-order valence-electron chi connectivity index (χ1n) is 2.90. The van der Waals surface area contributed by atoms with Crippen molar-refractivity contribution in [3.63, 3.8) is 0 Å². The second kappa shape index (κ2) is 3.45. The highest BCUT2D eigenvalue weighted by Crippen LogP contribution is 2.19. The molecule has 0 fully saturated rings. The third-order valence-electron chi connectivity index (χ3n) is 1.10. The van der Waals surface area contributed by atoms with Gasteiger partial charge < -0.3 is 5.11 Å². The lowest BCUT2D eigenvalue weighted by atomic mass is 10.5. The fourth-order valence-electron chi connectivity index (χ4n) is 0.579. The first-order valence-corrected chi connectivity index (χ1v) is 2.90. The molecule has 0 aromatic rings. The van der Waals surface area contributed by atoms with Crippen LogP contribution in [0.1, 0.15) is 6.92 Å². The molecule has 0 heterocycles. The van der Waals surface area contributed by atoms with Crippen LogP contribution < -0.4 is 0 Å². The van der Waals surface area contributed by atoms with Gasteiger partial charge in [-0.2, -0.15) is 8.78 Å². The van der Waals surface area contributed by atoms with Crippen LogP contribution in [0.25, 0.3) is 0 Å². The van der Waals surface area contributed by atoms with Gasteiger partial charge in [0.2, 0.25) is 0 Å². The molecule has 0 unspecified atom stereocenters. The van der Waals surface area contributed by atoms with Gasteiger partial charge in [-0.05, 0) is 6.92 Å². The predicted octanol–water partition coefficient (Wildman–Crippen LogP) is 1.55. The van der Waals surface area contributed by atoms with E-state index >= 15 is 0 Å². The Bertz CT molecular complexity index is 151. The largest absolute Gasteiger partial charge is 0.465 e. The summed E-state index contributed by atoms with van der Waals surface area (Å²) in [7, 11) is 0. The van der Waals surface area contributed by atoms with Crippen LogP contribution in [0.5, 0.6) is 0 Å². The van der Waals surface area contributed by atoms with Crippen molar-refractivity contribution in [2.24, 2.45) is 0 Å².